The number of rotatable bonds is 2. The molecule has 1 rings (SSSR count). The molecule has 0 saturated heterocycles. The van der Waals surface area contributed by atoms with Crippen LogP contribution in [0.1, 0.15) is 5.69 Å². The van der Waals surface area contributed by atoms with Crippen LogP contribution in [0.5, 0.6) is 5.88 Å². The summed E-state index contributed by atoms with van der Waals surface area (Å²) in [6, 6.07) is 3.05. The van der Waals surface area contributed by atoms with Gasteiger partial charge in [-0.2, -0.15) is 13.2 Å². The third-order valence-corrected chi connectivity index (χ3v) is 1.40. The molecule has 0 atom stereocenters. The Bertz CT molecular complexity index is 325. The predicted molar refractivity (Wildman–Crippen MR) is 44.9 cm³/mol. The van der Waals surface area contributed by atoms with E-state index in [4.69, 9.17) is 5.73 Å². The molecule has 1 heterocycles. The number of nitrogens with zero attached hydrogens (tertiary/aromatic N) is 1. The monoisotopic (exact) mass is 206 g/mol. The average Bonchev–Trinajstić information content (AvgIpc) is 2.05. The minimum atomic E-state index is -4.38. The van der Waals surface area contributed by atoms with Crippen LogP contribution in [-0.4, -0.2) is 17.8 Å². The van der Waals surface area contributed by atoms with Crippen LogP contribution < -0.4 is 10.5 Å². The van der Waals surface area contributed by atoms with Gasteiger partial charge in [-0.15, -0.1) is 0 Å². The largest absolute Gasteiger partial charge is 0.467 e. The van der Waals surface area contributed by atoms with E-state index in [1.165, 1.54) is 6.07 Å². The third-order valence-electron chi connectivity index (χ3n) is 1.40. The number of alkyl halides is 3. The summed E-state index contributed by atoms with van der Waals surface area (Å²) in [6.07, 6.45) is -4.38. The highest BCUT2D eigenvalue weighted by atomic mass is 19.4. The molecule has 0 aliphatic rings. The first kappa shape index (κ1) is 10.6. The lowest BCUT2D eigenvalue weighted by Crippen LogP contribution is -2.20. The second kappa shape index (κ2) is 3.73. The maximum absolute atomic E-state index is 11.8. The Kier molecular flexibility index (Phi) is 2.83. The second-order valence-corrected chi connectivity index (χ2v) is 2.75. The molecule has 0 spiro atoms. The summed E-state index contributed by atoms with van der Waals surface area (Å²) in [4.78, 5) is 3.73. The molecule has 2 N–H and O–H groups in total. The van der Waals surface area contributed by atoms with Crippen molar-refractivity contribution in [2.75, 3.05) is 12.3 Å². The molecule has 1 aromatic heterocycles. The van der Waals surface area contributed by atoms with E-state index < -0.39 is 12.8 Å². The zero-order valence-corrected chi connectivity index (χ0v) is 7.43. The summed E-state index contributed by atoms with van der Waals surface area (Å²) in [5, 5.41) is 0. The Hall–Kier alpha value is -1.46. The summed E-state index contributed by atoms with van der Waals surface area (Å²) in [5.74, 6) is -0.178. The van der Waals surface area contributed by atoms with Crippen molar-refractivity contribution in [3.05, 3.63) is 17.8 Å². The fourth-order valence-electron chi connectivity index (χ4n) is 0.809. The zero-order chi connectivity index (χ0) is 10.8. The van der Waals surface area contributed by atoms with Crippen molar-refractivity contribution in [1.82, 2.24) is 4.98 Å². The summed E-state index contributed by atoms with van der Waals surface area (Å²) in [6.45, 7) is 0.257. The quantitative estimate of drug-likeness (QED) is 0.804. The molecular formula is C8H9F3N2O. The van der Waals surface area contributed by atoms with E-state index in [9.17, 15) is 13.2 Å². The summed E-state index contributed by atoms with van der Waals surface area (Å²) in [7, 11) is 0. The van der Waals surface area contributed by atoms with Gasteiger partial charge in [0.25, 0.3) is 0 Å². The molecule has 0 aliphatic carbocycles. The Morgan fingerprint density at radius 2 is 2.07 bits per heavy atom. The summed E-state index contributed by atoms with van der Waals surface area (Å²) < 4.78 is 39.8. The molecule has 14 heavy (non-hydrogen) atoms. The van der Waals surface area contributed by atoms with Crippen LogP contribution in [0, 0.1) is 6.92 Å². The molecule has 1 aromatic rings. The Morgan fingerprint density at radius 3 is 2.64 bits per heavy atom. The highest BCUT2D eigenvalue weighted by Gasteiger charge is 2.29. The summed E-state index contributed by atoms with van der Waals surface area (Å²) >= 11 is 0. The molecule has 0 unspecified atom stereocenters. The van der Waals surface area contributed by atoms with E-state index in [2.05, 4.69) is 9.72 Å². The van der Waals surface area contributed by atoms with E-state index in [1.807, 2.05) is 0 Å². The van der Waals surface area contributed by atoms with Gasteiger partial charge in [0, 0.05) is 5.69 Å². The van der Waals surface area contributed by atoms with E-state index in [0.717, 1.165) is 0 Å². The van der Waals surface area contributed by atoms with Crippen molar-refractivity contribution < 1.29 is 17.9 Å². The van der Waals surface area contributed by atoms with Gasteiger partial charge < -0.3 is 10.5 Å². The van der Waals surface area contributed by atoms with E-state index in [0.29, 0.717) is 5.69 Å². The number of hydrogen-bond acceptors (Lipinski definition) is 3. The van der Waals surface area contributed by atoms with Crippen molar-refractivity contribution in [2.45, 2.75) is 13.1 Å². The maximum atomic E-state index is 11.8. The lowest BCUT2D eigenvalue weighted by atomic mass is 10.3. The van der Waals surface area contributed by atoms with Crippen molar-refractivity contribution in [1.29, 1.82) is 0 Å². The van der Waals surface area contributed by atoms with Gasteiger partial charge in [-0.25, -0.2) is 4.98 Å². The van der Waals surface area contributed by atoms with Crippen molar-refractivity contribution >= 4 is 5.69 Å². The Balaban J connectivity index is 2.72. The smallest absolute Gasteiger partial charge is 0.422 e. The first-order valence-corrected chi connectivity index (χ1v) is 3.81. The first-order valence-electron chi connectivity index (χ1n) is 3.81. The number of nitrogen functional groups attached to an aromatic ring is 1. The lowest BCUT2D eigenvalue weighted by molar-refractivity contribution is -0.153. The number of aryl methyl sites for hydroxylation is 1. The third kappa shape index (κ3) is 3.12. The summed E-state index contributed by atoms with van der Waals surface area (Å²) in [5.41, 5.74) is 6.01. The van der Waals surface area contributed by atoms with Crippen LogP contribution in [0.25, 0.3) is 0 Å². The number of anilines is 1. The van der Waals surface area contributed by atoms with Gasteiger partial charge in [-0.3, -0.25) is 0 Å². The van der Waals surface area contributed by atoms with Crippen molar-refractivity contribution in [2.24, 2.45) is 0 Å². The first-order chi connectivity index (χ1) is 6.38. The molecule has 0 aliphatic heterocycles. The number of halogens is 3. The topological polar surface area (TPSA) is 48.1 Å². The predicted octanol–water partition coefficient (Wildman–Crippen LogP) is 1.91. The van der Waals surface area contributed by atoms with Crippen LogP contribution >= 0.6 is 0 Å². The van der Waals surface area contributed by atoms with Crippen molar-refractivity contribution in [3.8, 4) is 5.88 Å². The van der Waals surface area contributed by atoms with Crippen LogP contribution in [0.2, 0.25) is 0 Å². The zero-order valence-electron chi connectivity index (χ0n) is 7.43. The average molecular weight is 206 g/mol. The van der Waals surface area contributed by atoms with Gasteiger partial charge in [0.1, 0.15) is 0 Å². The highest BCUT2D eigenvalue weighted by molar-refractivity contribution is 5.48. The molecule has 0 aromatic carbocycles. The molecule has 3 nitrogen and oxygen atoms in total. The Labute approximate surface area is 78.7 Å². The van der Waals surface area contributed by atoms with Gasteiger partial charge in [-0.05, 0) is 19.1 Å². The molecule has 0 amide bonds. The van der Waals surface area contributed by atoms with E-state index in [-0.39, 0.29) is 11.6 Å². The maximum Gasteiger partial charge on any atom is 0.422 e. The van der Waals surface area contributed by atoms with Gasteiger partial charge in [-0.1, -0.05) is 0 Å². The number of hydrogen-bond donors (Lipinski definition) is 1. The van der Waals surface area contributed by atoms with E-state index >= 15 is 0 Å². The van der Waals surface area contributed by atoms with Crippen molar-refractivity contribution in [3.63, 3.8) is 0 Å². The van der Waals surface area contributed by atoms with Crippen LogP contribution in [0.15, 0.2) is 12.1 Å². The SMILES string of the molecule is Cc1ccc(N)c(OCC(F)(F)F)n1. The van der Waals surface area contributed by atoms with E-state index in [1.54, 1.807) is 13.0 Å². The molecule has 0 fully saturated rings. The molecule has 78 valence electrons. The standard InChI is InChI=1S/C8H9F3N2O/c1-5-2-3-6(12)7(13-5)14-4-8(9,10)11/h2-3H,4,12H2,1H3. The highest BCUT2D eigenvalue weighted by Crippen LogP contribution is 2.21. The van der Waals surface area contributed by atoms with Crippen LogP contribution in [-0.2, 0) is 0 Å². The molecule has 6 heteroatoms. The minimum absolute atomic E-state index is 0.0971. The van der Waals surface area contributed by atoms with Gasteiger partial charge in [0.2, 0.25) is 5.88 Å². The second-order valence-electron chi connectivity index (χ2n) is 2.75. The number of ether oxygens (including phenoxy) is 1. The minimum Gasteiger partial charge on any atom is -0.467 e. The molecular weight excluding hydrogens is 197 g/mol. The number of nitrogens with two attached hydrogens (primary N) is 1. The number of aromatic nitrogens is 1. The molecule has 0 bridgehead atoms. The van der Waals surface area contributed by atoms with Crippen LogP contribution in [0.4, 0.5) is 18.9 Å². The molecule has 0 radical (unpaired) electrons. The fraction of sp³-hybridized carbons (Fsp3) is 0.375. The van der Waals surface area contributed by atoms with Gasteiger partial charge >= 0.3 is 6.18 Å². The number of pyridine rings is 1. The fourth-order valence-corrected chi connectivity index (χ4v) is 0.809. The molecule has 0 saturated carbocycles. The normalized spacial score (nSPS) is 11.4. The Morgan fingerprint density at radius 1 is 1.43 bits per heavy atom. The van der Waals surface area contributed by atoms with Gasteiger partial charge in [0.15, 0.2) is 6.61 Å². The van der Waals surface area contributed by atoms with Gasteiger partial charge in [0.05, 0.1) is 5.69 Å². The van der Waals surface area contributed by atoms with Crippen LogP contribution in [0.3, 0.4) is 0 Å². The lowest BCUT2D eigenvalue weighted by Gasteiger charge is -2.10.